The standard InChI is InChI=1S/C32H34O6/c1-22-17-31(15-9-10-16-36-28(31)33)23(2)27-19-32(18-26(22)27,29(34)37-20-24-11-5-3-6-12-24)30(35)38-21-25-13-7-4-8-14-25/h3-8,11-14H,9-10,15-21H2,1-2H3. The largest absolute Gasteiger partial charge is 0.465 e. The lowest BCUT2D eigenvalue weighted by atomic mass is 9.66. The van der Waals surface area contributed by atoms with Crippen LogP contribution in [0.15, 0.2) is 83.0 Å². The molecule has 0 aromatic heterocycles. The van der Waals surface area contributed by atoms with Crippen LogP contribution >= 0.6 is 0 Å². The third-order valence-corrected chi connectivity index (χ3v) is 8.40. The zero-order valence-corrected chi connectivity index (χ0v) is 22.1. The summed E-state index contributed by atoms with van der Waals surface area (Å²) in [5.74, 6) is -1.38. The number of carbonyl (C=O) groups excluding carboxylic acids is 3. The lowest BCUT2D eigenvalue weighted by Crippen LogP contribution is -2.40. The molecule has 1 spiro atoms. The van der Waals surface area contributed by atoms with Gasteiger partial charge in [-0.15, -0.1) is 0 Å². The number of hydrogen-bond donors (Lipinski definition) is 0. The molecule has 0 amide bonds. The topological polar surface area (TPSA) is 78.9 Å². The van der Waals surface area contributed by atoms with E-state index < -0.39 is 22.8 Å². The molecule has 2 aromatic rings. The summed E-state index contributed by atoms with van der Waals surface area (Å²) in [6, 6.07) is 18.8. The van der Waals surface area contributed by atoms with Crippen LogP contribution in [0.4, 0.5) is 0 Å². The van der Waals surface area contributed by atoms with E-state index in [-0.39, 0.29) is 32.0 Å². The van der Waals surface area contributed by atoms with Crippen LogP contribution in [0.5, 0.6) is 0 Å². The normalized spacial score (nSPS) is 22.5. The smallest absolute Gasteiger partial charge is 0.324 e. The molecule has 0 N–H and O–H groups in total. The molecule has 1 heterocycles. The van der Waals surface area contributed by atoms with Crippen LogP contribution in [0.3, 0.4) is 0 Å². The summed E-state index contributed by atoms with van der Waals surface area (Å²) >= 11 is 0. The third kappa shape index (κ3) is 4.68. The van der Waals surface area contributed by atoms with Crippen molar-refractivity contribution in [3.8, 4) is 0 Å². The van der Waals surface area contributed by atoms with E-state index in [9.17, 15) is 14.4 Å². The minimum atomic E-state index is -1.50. The molecule has 1 unspecified atom stereocenters. The SMILES string of the molecule is CC1=C2CC(C(=O)OCc3ccccc3)(C(=O)OCc3ccccc3)CC2=C(C)C2(CCCCOC2=O)C1. The Morgan fingerprint density at radius 2 is 1.34 bits per heavy atom. The lowest BCUT2D eigenvalue weighted by molar-refractivity contribution is -0.173. The van der Waals surface area contributed by atoms with Gasteiger partial charge in [0.1, 0.15) is 13.2 Å². The summed E-state index contributed by atoms with van der Waals surface area (Å²) in [6.45, 7) is 4.54. The van der Waals surface area contributed by atoms with Gasteiger partial charge in [0.05, 0.1) is 12.0 Å². The van der Waals surface area contributed by atoms with Crippen molar-refractivity contribution in [2.45, 2.75) is 65.6 Å². The van der Waals surface area contributed by atoms with Crippen molar-refractivity contribution in [3.63, 3.8) is 0 Å². The van der Waals surface area contributed by atoms with Gasteiger partial charge < -0.3 is 14.2 Å². The van der Waals surface area contributed by atoms with Crippen LogP contribution in [-0.4, -0.2) is 24.5 Å². The third-order valence-electron chi connectivity index (χ3n) is 8.40. The lowest BCUT2D eigenvalue weighted by Gasteiger charge is -2.37. The second-order valence-electron chi connectivity index (χ2n) is 10.8. The number of fused-ring (bicyclic) bond motifs is 1. The Bertz CT molecular complexity index is 1230. The van der Waals surface area contributed by atoms with E-state index in [0.29, 0.717) is 19.4 Å². The fraction of sp³-hybridized carbons (Fsp3) is 0.406. The van der Waals surface area contributed by atoms with E-state index in [1.54, 1.807) is 0 Å². The van der Waals surface area contributed by atoms with Gasteiger partial charge in [-0.3, -0.25) is 14.4 Å². The molecule has 1 atom stereocenters. The molecule has 5 rings (SSSR count). The van der Waals surface area contributed by atoms with Gasteiger partial charge in [0, 0.05) is 0 Å². The van der Waals surface area contributed by atoms with Crippen LogP contribution in [0.2, 0.25) is 0 Å². The van der Waals surface area contributed by atoms with Crippen molar-refractivity contribution < 1.29 is 28.6 Å². The van der Waals surface area contributed by atoms with Gasteiger partial charge in [0.15, 0.2) is 5.41 Å². The first-order chi connectivity index (χ1) is 18.4. The van der Waals surface area contributed by atoms with Crippen molar-refractivity contribution in [1.82, 2.24) is 0 Å². The Hall–Kier alpha value is -3.67. The van der Waals surface area contributed by atoms with Gasteiger partial charge in [-0.25, -0.2) is 0 Å². The van der Waals surface area contributed by atoms with Gasteiger partial charge >= 0.3 is 17.9 Å². The van der Waals surface area contributed by atoms with E-state index in [2.05, 4.69) is 0 Å². The quantitative estimate of drug-likeness (QED) is 0.267. The highest BCUT2D eigenvalue weighted by molar-refractivity contribution is 6.02. The first kappa shape index (κ1) is 26.0. The molecule has 38 heavy (non-hydrogen) atoms. The van der Waals surface area contributed by atoms with Gasteiger partial charge in [0.2, 0.25) is 0 Å². The molecule has 6 heteroatoms. The molecule has 1 aliphatic heterocycles. The molecule has 1 saturated carbocycles. The summed E-state index contributed by atoms with van der Waals surface area (Å²) in [5, 5.41) is 0. The van der Waals surface area contributed by atoms with Crippen LogP contribution in [0, 0.1) is 10.8 Å². The van der Waals surface area contributed by atoms with E-state index in [4.69, 9.17) is 14.2 Å². The second-order valence-corrected chi connectivity index (χ2v) is 10.8. The van der Waals surface area contributed by atoms with Gasteiger partial charge in [-0.05, 0) is 74.6 Å². The Labute approximate surface area is 223 Å². The van der Waals surface area contributed by atoms with E-state index in [0.717, 1.165) is 46.3 Å². The number of cyclic esters (lactones) is 1. The molecule has 2 aromatic carbocycles. The Morgan fingerprint density at radius 1 is 0.789 bits per heavy atom. The van der Waals surface area contributed by atoms with Crippen molar-refractivity contribution in [2.24, 2.45) is 10.8 Å². The molecule has 2 fully saturated rings. The molecule has 0 bridgehead atoms. The average Bonchev–Trinajstić information content (AvgIpc) is 3.28. The van der Waals surface area contributed by atoms with Crippen molar-refractivity contribution in [1.29, 1.82) is 0 Å². The second kappa shape index (κ2) is 10.6. The van der Waals surface area contributed by atoms with Crippen LogP contribution in [-0.2, 0) is 41.8 Å². The maximum Gasteiger partial charge on any atom is 0.324 e. The van der Waals surface area contributed by atoms with Crippen LogP contribution in [0.25, 0.3) is 0 Å². The first-order valence-electron chi connectivity index (χ1n) is 13.3. The van der Waals surface area contributed by atoms with Crippen LogP contribution < -0.4 is 0 Å². The predicted molar refractivity (Wildman–Crippen MR) is 141 cm³/mol. The minimum Gasteiger partial charge on any atom is -0.465 e. The number of esters is 3. The fourth-order valence-electron chi connectivity index (χ4n) is 6.16. The predicted octanol–water partition coefficient (Wildman–Crippen LogP) is 6.00. The van der Waals surface area contributed by atoms with Gasteiger partial charge in [0.25, 0.3) is 0 Å². The molecular weight excluding hydrogens is 480 g/mol. The maximum absolute atomic E-state index is 13.8. The molecule has 6 nitrogen and oxygen atoms in total. The van der Waals surface area contributed by atoms with Crippen LogP contribution in [0.1, 0.15) is 63.5 Å². The molecule has 0 radical (unpaired) electrons. The number of allylic oxidation sites excluding steroid dienone is 3. The Balaban J connectivity index is 1.49. The minimum absolute atomic E-state index is 0.0692. The monoisotopic (exact) mass is 514 g/mol. The highest BCUT2D eigenvalue weighted by Crippen LogP contribution is 2.57. The van der Waals surface area contributed by atoms with Gasteiger partial charge in [-0.1, -0.05) is 71.8 Å². The highest BCUT2D eigenvalue weighted by Gasteiger charge is 2.58. The number of hydrogen-bond acceptors (Lipinski definition) is 6. The molecular formula is C32H34O6. The highest BCUT2D eigenvalue weighted by atomic mass is 16.6. The summed E-state index contributed by atoms with van der Waals surface area (Å²) in [5.41, 5.74) is 3.26. The van der Waals surface area contributed by atoms with Gasteiger partial charge in [-0.2, -0.15) is 0 Å². The molecule has 3 aliphatic rings. The summed E-state index contributed by atoms with van der Waals surface area (Å²) in [7, 11) is 0. The molecule has 1 saturated heterocycles. The first-order valence-corrected chi connectivity index (χ1v) is 13.3. The molecule has 2 aliphatic carbocycles. The average molecular weight is 515 g/mol. The zero-order valence-electron chi connectivity index (χ0n) is 22.1. The van der Waals surface area contributed by atoms with Crippen molar-refractivity contribution in [2.75, 3.05) is 6.61 Å². The Morgan fingerprint density at radius 3 is 1.92 bits per heavy atom. The zero-order chi connectivity index (χ0) is 26.8. The molecule has 198 valence electrons. The maximum atomic E-state index is 13.8. The summed E-state index contributed by atoms with van der Waals surface area (Å²) in [6.07, 6.45) is 3.34. The van der Waals surface area contributed by atoms with E-state index >= 15 is 0 Å². The summed E-state index contributed by atoms with van der Waals surface area (Å²) in [4.78, 5) is 40.8. The number of ether oxygens (including phenoxy) is 3. The number of benzene rings is 2. The van der Waals surface area contributed by atoms with Crippen molar-refractivity contribution >= 4 is 17.9 Å². The number of rotatable bonds is 6. The van der Waals surface area contributed by atoms with Crippen molar-refractivity contribution in [3.05, 3.63) is 94.1 Å². The Kier molecular flexibility index (Phi) is 7.24. The number of carbonyl (C=O) groups is 3. The van der Waals surface area contributed by atoms with E-state index in [1.165, 1.54) is 0 Å². The van der Waals surface area contributed by atoms with E-state index in [1.807, 2.05) is 74.5 Å². The fourth-order valence-corrected chi connectivity index (χ4v) is 6.16. The summed E-state index contributed by atoms with van der Waals surface area (Å²) < 4.78 is 17.1.